The van der Waals surface area contributed by atoms with Gasteiger partial charge in [0.25, 0.3) is 5.91 Å². The van der Waals surface area contributed by atoms with Gasteiger partial charge in [-0.05, 0) is 75.2 Å². The molecule has 1 aromatic carbocycles. The smallest absolute Gasteiger partial charge is 0.329 e. The summed E-state index contributed by atoms with van der Waals surface area (Å²) in [5, 5.41) is 21.6. The summed E-state index contributed by atoms with van der Waals surface area (Å²) in [5.74, 6) is -5.18. The maximum Gasteiger partial charge on any atom is 0.329 e. The zero-order valence-corrected chi connectivity index (χ0v) is 25.6. The number of piperidine rings is 1. The highest BCUT2D eigenvalue weighted by molar-refractivity contribution is 6.08. The van der Waals surface area contributed by atoms with Gasteiger partial charge in [0.15, 0.2) is 0 Å². The Balaban J connectivity index is 1.77. The number of esters is 1. The minimum Gasteiger partial charge on any atom is -0.461 e. The minimum absolute atomic E-state index is 0.188. The fraction of sp³-hybridized carbons (Fsp3) is 0.735. The van der Waals surface area contributed by atoms with Crippen molar-refractivity contribution in [1.82, 2.24) is 4.90 Å². The van der Waals surface area contributed by atoms with Crippen LogP contribution in [0.4, 0.5) is 0 Å². The van der Waals surface area contributed by atoms with Gasteiger partial charge in [-0.3, -0.25) is 9.59 Å². The summed E-state index contributed by atoms with van der Waals surface area (Å²) in [6, 6.07) is 9.20. The number of carbonyl (C=O) groups is 3. The van der Waals surface area contributed by atoms with E-state index in [9.17, 15) is 24.6 Å². The van der Waals surface area contributed by atoms with Crippen molar-refractivity contribution in [2.75, 3.05) is 6.54 Å². The number of fused-ring (bicyclic) bond motifs is 1. The van der Waals surface area contributed by atoms with E-state index >= 15 is 0 Å². The zero-order valence-electron chi connectivity index (χ0n) is 25.6. The summed E-state index contributed by atoms with van der Waals surface area (Å²) in [5.41, 5.74) is 1.18. The lowest BCUT2D eigenvalue weighted by Gasteiger charge is -2.38. The summed E-state index contributed by atoms with van der Waals surface area (Å²) in [6.07, 6.45) is 12.7. The molecule has 2 aliphatic heterocycles. The van der Waals surface area contributed by atoms with Gasteiger partial charge in [-0.25, -0.2) is 4.79 Å². The molecule has 0 bridgehead atoms. The van der Waals surface area contributed by atoms with Crippen LogP contribution in [-0.4, -0.2) is 57.3 Å². The van der Waals surface area contributed by atoms with E-state index in [2.05, 4.69) is 26.0 Å². The topological polar surface area (TPSA) is 104 Å². The summed E-state index contributed by atoms with van der Waals surface area (Å²) in [7, 11) is 0. The molecule has 0 aliphatic carbocycles. The first-order valence-electron chi connectivity index (χ1n) is 16.1. The molecular formula is C34H53NO6. The average molecular weight is 572 g/mol. The van der Waals surface area contributed by atoms with E-state index in [4.69, 9.17) is 4.74 Å². The van der Waals surface area contributed by atoms with Crippen LogP contribution in [0.2, 0.25) is 0 Å². The molecule has 3 rings (SSSR count). The highest BCUT2D eigenvalue weighted by atomic mass is 16.5. The van der Waals surface area contributed by atoms with Gasteiger partial charge < -0.3 is 19.8 Å². The van der Waals surface area contributed by atoms with Crippen LogP contribution < -0.4 is 0 Å². The molecule has 1 amide bonds. The standard InChI is InChI=1S/C34H53NO6/c1-25-14-7-4-5-10-19-29(22-21-28-17-8-6-9-18-28)41-32(37)30-20-11-12-23-35(30)33(38)34(39,40)31(36)27(3)16-13-15-26(2)24-25/h6,8-9,17-18,25-27,29-30,39-40H,4-5,7,10-16,19-24H2,1-3H3/t25-,26+,27-,29+,30+/m1/s1. The molecule has 7 nitrogen and oxygen atoms in total. The minimum atomic E-state index is -3.15. The van der Waals surface area contributed by atoms with Crippen molar-refractivity contribution >= 4 is 17.7 Å². The number of ether oxygens (including phenoxy) is 1. The number of carbonyl (C=O) groups excluding carboxylic acids is 3. The van der Waals surface area contributed by atoms with Gasteiger partial charge in [0.2, 0.25) is 5.78 Å². The van der Waals surface area contributed by atoms with Crippen LogP contribution in [0.5, 0.6) is 0 Å². The Kier molecular flexibility index (Phi) is 13.3. The SMILES string of the molecule is C[C@@H]1CCCCCC[C@@H](CCc2ccccc2)OC(=O)[C@@H]2CCCCN2C(=O)C(O)(O)C(=O)[C@H](C)CCC[C@H](C)C1. The number of rotatable bonds is 3. The maximum absolute atomic E-state index is 13.5. The number of aryl methyl sites for hydroxylation is 1. The molecule has 2 saturated heterocycles. The highest BCUT2D eigenvalue weighted by Crippen LogP contribution is 2.28. The molecular weight excluding hydrogens is 518 g/mol. The molecule has 0 unspecified atom stereocenters. The number of hydrogen-bond donors (Lipinski definition) is 2. The molecule has 2 heterocycles. The molecule has 41 heavy (non-hydrogen) atoms. The molecule has 230 valence electrons. The summed E-state index contributed by atoms with van der Waals surface area (Å²) in [6.45, 7) is 6.39. The molecule has 0 spiro atoms. The molecule has 0 radical (unpaired) electrons. The van der Waals surface area contributed by atoms with Crippen LogP contribution >= 0.6 is 0 Å². The van der Waals surface area contributed by atoms with E-state index in [1.807, 2.05) is 18.2 Å². The van der Waals surface area contributed by atoms with Crippen molar-refractivity contribution in [3.63, 3.8) is 0 Å². The predicted molar refractivity (Wildman–Crippen MR) is 160 cm³/mol. The lowest BCUT2D eigenvalue weighted by molar-refractivity contribution is -0.205. The number of amides is 1. The van der Waals surface area contributed by atoms with Crippen molar-refractivity contribution in [2.45, 2.75) is 135 Å². The van der Waals surface area contributed by atoms with E-state index < -0.39 is 35.4 Å². The Hall–Kier alpha value is -2.25. The Bertz CT molecular complexity index is 963. The quantitative estimate of drug-likeness (QED) is 0.263. The van der Waals surface area contributed by atoms with Gasteiger partial charge in [0.05, 0.1) is 0 Å². The third-order valence-electron chi connectivity index (χ3n) is 9.12. The summed E-state index contributed by atoms with van der Waals surface area (Å²) >= 11 is 0. The highest BCUT2D eigenvalue weighted by Gasteiger charge is 2.49. The van der Waals surface area contributed by atoms with Crippen LogP contribution in [0.1, 0.15) is 116 Å². The van der Waals surface area contributed by atoms with Crippen LogP contribution in [0.3, 0.4) is 0 Å². The van der Waals surface area contributed by atoms with Gasteiger partial charge in [-0.1, -0.05) is 89.6 Å². The number of hydrogen-bond acceptors (Lipinski definition) is 6. The van der Waals surface area contributed by atoms with Crippen LogP contribution in [0.25, 0.3) is 0 Å². The van der Waals surface area contributed by atoms with Crippen molar-refractivity contribution in [3.8, 4) is 0 Å². The second-order valence-electron chi connectivity index (χ2n) is 12.9. The molecule has 2 aliphatic rings. The van der Waals surface area contributed by atoms with E-state index in [1.165, 1.54) is 23.3 Å². The number of ketones is 1. The van der Waals surface area contributed by atoms with E-state index in [0.29, 0.717) is 37.5 Å². The monoisotopic (exact) mass is 571 g/mol. The zero-order chi connectivity index (χ0) is 29.8. The fourth-order valence-electron chi connectivity index (χ4n) is 6.59. The normalized spacial score (nSPS) is 30.1. The second kappa shape index (κ2) is 16.4. The third kappa shape index (κ3) is 10.2. The van der Waals surface area contributed by atoms with Gasteiger partial charge in [-0.15, -0.1) is 0 Å². The number of aliphatic hydroxyl groups is 2. The molecule has 2 N–H and O–H groups in total. The first-order chi connectivity index (χ1) is 19.6. The van der Waals surface area contributed by atoms with Crippen molar-refractivity contribution in [2.24, 2.45) is 17.8 Å². The van der Waals surface area contributed by atoms with Gasteiger partial charge >= 0.3 is 11.8 Å². The molecule has 0 saturated carbocycles. The predicted octanol–water partition coefficient (Wildman–Crippen LogP) is 5.99. The van der Waals surface area contributed by atoms with E-state index in [1.54, 1.807) is 6.92 Å². The molecule has 5 atom stereocenters. The Morgan fingerprint density at radius 2 is 1.44 bits per heavy atom. The molecule has 2 fully saturated rings. The number of nitrogens with zero attached hydrogens (tertiary/aromatic N) is 1. The fourth-order valence-corrected chi connectivity index (χ4v) is 6.59. The third-order valence-corrected chi connectivity index (χ3v) is 9.12. The van der Waals surface area contributed by atoms with Gasteiger partial charge in [-0.2, -0.15) is 0 Å². The van der Waals surface area contributed by atoms with Gasteiger partial charge in [0, 0.05) is 12.5 Å². The van der Waals surface area contributed by atoms with E-state index in [-0.39, 0.29) is 12.6 Å². The van der Waals surface area contributed by atoms with Crippen molar-refractivity contribution < 1.29 is 29.3 Å². The van der Waals surface area contributed by atoms with E-state index in [0.717, 1.165) is 57.8 Å². The first-order valence-corrected chi connectivity index (χ1v) is 16.1. The van der Waals surface area contributed by atoms with Gasteiger partial charge in [0.1, 0.15) is 12.1 Å². The van der Waals surface area contributed by atoms with Crippen LogP contribution in [0, 0.1) is 17.8 Å². The molecule has 0 aromatic heterocycles. The lowest BCUT2D eigenvalue weighted by atomic mass is 9.87. The van der Waals surface area contributed by atoms with Crippen molar-refractivity contribution in [1.29, 1.82) is 0 Å². The Labute approximate surface area is 247 Å². The molecule has 7 heteroatoms. The number of Topliss-reactive ketones (excluding diaryl/α,β-unsaturated/α-hetero) is 1. The number of benzene rings is 1. The lowest BCUT2D eigenvalue weighted by Crippen LogP contribution is -2.60. The number of cyclic esters (lactones) is 1. The summed E-state index contributed by atoms with van der Waals surface area (Å²) in [4.78, 5) is 41.2. The maximum atomic E-state index is 13.5. The van der Waals surface area contributed by atoms with Crippen molar-refractivity contribution in [3.05, 3.63) is 35.9 Å². The Morgan fingerprint density at radius 3 is 2.15 bits per heavy atom. The Morgan fingerprint density at radius 1 is 0.805 bits per heavy atom. The second-order valence-corrected chi connectivity index (χ2v) is 12.9. The van der Waals surface area contributed by atoms with Crippen LogP contribution in [-0.2, 0) is 25.5 Å². The summed E-state index contributed by atoms with van der Waals surface area (Å²) < 4.78 is 6.05. The van der Waals surface area contributed by atoms with Crippen LogP contribution in [0.15, 0.2) is 30.3 Å². The largest absolute Gasteiger partial charge is 0.461 e. The first kappa shape index (κ1) is 33.3. The molecule has 1 aromatic rings. The average Bonchev–Trinajstić information content (AvgIpc) is 2.96.